The highest BCUT2D eigenvalue weighted by Crippen LogP contribution is 2.34. The summed E-state index contributed by atoms with van der Waals surface area (Å²) in [5, 5.41) is 6.89. The van der Waals surface area contributed by atoms with Crippen molar-refractivity contribution < 1.29 is 9.13 Å². The van der Waals surface area contributed by atoms with Crippen LogP contribution in [0.5, 0.6) is 0 Å². The van der Waals surface area contributed by atoms with Crippen LogP contribution >= 0.6 is 24.0 Å². The molecule has 1 aliphatic heterocycles. The number of hydrogen-bond acceptors (Lipinski definition) is 2. The number of hydrogen-bond donors (Lipinski definition) is 2. The predicted octanol–water partition coefficient (Wildman–Crippen LogP) is 4.46. The van der Waals surface area contributed by atoms with E-state index >= 15 is 0 Å². The Labute approximate surface area is 190 Å². The summed E-state index contributed by atoms with van der Waals surface area (Å²) in [5.74, 6) is 0.952. The fraction of sp³-hybridized carbons (Fsp3) is 0.435. The smallest absolute Gasteiger partial charge is 0.191 e. The molecule has 4 nitrogen and oxygen atoms in total. The molecule has 0 saturated carbocycles. The fourth-order valence-corrected chi connectivity index (χ4v) is 3.77. The minimum atomic E-state index is -0.192. The van der Waals surface area contributed by atoms with E-state index in [0.717, 1.165) is 30.9 Å². The highest BCUT2D eigenvalue weighted by atomic mass is 127. The van der Waals surface area contributed by atoms with Crippen LogP contribution in [0.4, 0.5) is 4.39 Å². The normalized spacial score (nSPS) is 17.1. The molecule has 2 N–H and O–H groups in total. The first-order valence-corrected chi connectivity index (χ1v) is 9.96. The Bertz CT molecular complexity index is 779. The van der Waals surface area contributed by atoms with E-state index in [4.69, 9.17) is 4.74 Å². The molecule has 1 aliphatic rings. The molecule has 0 aliphatic carbocycles. The van der Waals surface area contributed by atoms with E-state index in [1.54, 1.807) is 19.2 Å². The van der Waals surface area contributed by atoms with E-state index in [-0.39, 0.29) is 35.2 Å². The molecular formula is C23H31FIN3O. The number of aliphatic imine (C=N–C) groups is 1. The molecule has 0 radical (unpaired) electrons. The second kappa shape index (κ2) is 11.5. The lowest BCUT2D eigenvalue weighted by Crippen LogP contribution is -2.48. The molecule has 2 aromatic rings. The van der Waals surface area contributed by atoms with Gasteiger partial charge in [-0.3, -0.25) is 4.99 Å². The standard InChI is InChI=1S/C23H30FN3O.HI/c1-18(19-7-4-3-5-8-19)16-26-22(25-2)27-17-23(11-13-28-14-12-23)20-9-6-10-21(24)15-20;/h3-10,15,18H,11-14,16-17H2,1-2H3,(H2,25,26,27);1H. The van der Waals surface area contributed by atoms with Crippen LogP contribution in [0.25, 0.3) is 0 Å². The van der Waals surface area contributed by atoms with E-state index in [9.17, 15) is 4.39 Å². The molecule has 0 bridgehead atoms. The van der Waals surface area contributed by atoms with Crippen molar-refractivity contribution in [2.75, 3.05) is 33.4 Å². The number of ether oxygens (including phenoxy) is 1. The van der Waals surface area contributed by atoms with Gasteiger partial charge in [0.25, 0.3) is 0 Å². The monoisotopic (exact) mass is 511 g/mol. The van der Waals surface area contributed by atoms with E-state index in [1.807, 2.05) is 12.1 Å². The fourth-order valence-electron chi connectivity index (χ4n) is 3.77. The van der Waals surface area contributed by atoms with Crippen molar-refractivity contribution >= 4 is 29.9 Å². The van der Waals surface area contributed by atoms with E-state index in [2.05, 4.69) is 46.8 Å². The first kappa shape index (κ1) is 23.6. The molecule has 0 amide bonds. The lowest BCUT2D eigenvalue weighted by atomic mass is 9.74. The summed E-state index contributed by atoms with van der Waals surface area (Å²) in [6, 6.07) is 17.4. The molecule has 158 valence electrons. The molecule has 3 rings (SSSR count). The van der Waals surface area contributed by atoms with E-state index in [1.165, 1.54) is 11.6 Å². The number of nitrogens with zero attached hydrogens (tertiary/aromatic N) is 1. The Hall–Kier alpha value is -1.67. The first-order valence-electron chi connectivity index (χ1n) is 9.96. The highest BCUT2D eigenvalue weighted by Gasteiger charge is 2.35. The van der Waals surface area contributed by atoms with Crippen molar-refractivity contribution in [1.82, 2.24) is 10.6 Å². The third-order valence-electron chi connectivity index (χ3n) is 5.65. The van der Waals surface area contributed by atoms with E-state index < -0.39 is 0 Å². The summed E-state index contributed by atoms with van der Waals surface area (Å²) in [5.41, 5.74) is 2.17. The van der Waals surface area contributed by atoms with Gasteiger partial charge in [-0.05, 0) is 42.0 Å². The largest absolute Gasteiger partial charge is 0.381 e. The Morgan fingerprint density at radius 3 is 2.48 bits per heavy atom. The maximum atomic E-state index is 13.8. The summed E-state index contributed by atoms with van der Waals surface area (Å²) in [7, 11) is 1.78. The van der Waals surface area contributed by atoms with E-state index in [0.29, 0.717) is 25.7 Å². The molecule has 0 aromatic heterocycles. The average molecular weight is 511 g/mol. The summed E-state index contributed by atoms with van der Waals surface area (Å²) < 4.78 is 19.4. The van der Waals surface area contributed by atoms with Crippen LogP contribution in [0.3, 0.4) is 0 Å². The Morgan fingerprint density at radius 2 is 1.83 bits per heavy atom. The van der Waals surface area contributed by atoms with Gasteiger partial charge in [-0.15, -0.1) is 24.0 Å². The quantitative estimate of drug-likeness (QED) is 0.342. The van der Waals surface area contributed by atoms with Crippen molar-refractivity contribution in [3.63, 3.8) is 0 Å². The van der Waals surface area contributed by atoms with Crippen molar-refractivity contribution in [1.29, 1.82) is 0 Å². The van der Waals surface area contributed by atoms with Gasteiger partial charge in [0, 0.05) is 38.8 Å². The Kier molecular flexibility index (Phi) is 9.36. The number of guanidine groups is 1. The van der Waals surface area contributed by atoms with Gasteiger partial charge in [0.1, 0.15) is 5.82 Å². The zero-order valence-corrected chi connectivity index (χ0v) is 19.5. The zero-order valence-electron chi connectivity index (χ0n) is 17.2. The maximum Gasteiger partial charge on any atom is 0.191 e. The summed E-state index contributed by atoms with van der Waals surface area (Å²) >= 11 is 0. The van der Waals surface area contributed by atoms with Gasteiger partial charge in [0.15, 0.2) is 5.96 Å². The van der Waals surface area contributed by atoms with Gasteiger partial charge < -0.3 is 15.4 Å². The first-order chi connectivity index (χ1) is 13.6. The summed E-state index contributed by atoms with van der Waals surface area (Å²) in [4.78, 5) is 4.37. The molecule has 29 heavy (non-hydrogen) atoms. The second-order valence-electron chi connectivity index (χ2n) is 7.52. The number of rotatable bonds is 6. The van der Waals surface area contributed by atoms with Crippen molar-refractivity contribution in [3.05, 3.63) is 71.5 Å². The van der Waals surface area contributed by atoms with Crippen LogP contribution < -0.4 is 10.6 Å². The second-order valence-corrected chi connectivity index (χ2v) is 7.52. The molecule has 0 spiro atoms. The van der Waals surface area contributed by atoms with Gasteiger partial charge in [-0.1, -0.05) is 49.4 Å². The van der Waals surface area contributed by atoms with Crippen LogP contribution in [-0.4, -0.2) is 39.3 Å². The molecule has 1 atom stereocenters. The molecule has 1 fully saturated rings. The lowest BCUT2D eigenvalue weighted by molar-refractivity contribution is 0.0513. The minimum Gasteiger partial charge on any atom is -0.381 e. The molecule has 1 heterocycles. The van der Waals surface area contributed by atoms with Crippen molar-refractivity contribution in [3.8, 4) is 0 Å². The van der Waals surface area contributed by atoms with Crippen LogP contribution in [0.2, 0.25) is 0 Å². The van der Waals surface area contributed by atoms with Gasteiger partial charge >= 0.3 is 0 Å². The molecular weight excluding hydrogens is 480 g/mol. The topological polar surface area (TPSA) is 45.7 Å². The third-order valence-corrected chi connectivity index (χ3v) is 5.65. The van der Waals surface area contributed by atoms with Crippen molar-refractivity contribution in [2.45, 2.75) is 31.1 Å². The van der Waals surface area contributed by atoms with Crippen LogP contribution in [0.1, 0.15) is 36.8 Å². The Balaban J connectivity index is 0.00000300. The maximum absolute atomic E-state index is 13.8. The molecule has 1 saturated heterocycles. The van der Waals surface area contributed by atoms with Crippen LogP contribution in [0, 0.1) is 5.82 Å². The lowest BCUT2D eigenvalue weighted by Gasteiger charge is -2.38. The molecule has 6 heteroatoms. The Morgan fingerprint density at radius 1 is 1.10 bits per heavy atom. The number of benzene rings is 2. The third kappa shape index (κ3) is 6.40. The zero-order chi connectivity index (χ0) is 19.8. The van der Waals surface area contributed by atoms with Crippen LogP contribution in [0.15, 0.2) is 59.6 Å². The van der Waals surface area contributed by atoms with Gasteiger partial charge in [0.05, 0.1) is 0 Å². The van der Waals surface area contributed by atoms with Crippen LogP contribution in [-0.2, 0) is 10.2 Å². The van der Waals surface area contributed by atoms with Crippen molar-refractivity contribution in [2.24, 2.45) is 4.99 Å². The van der Waals surface area contributed by atoms with Gasteiger partial charge in [-0.25, -0.2) is 4.39 Å². The predicted molar refractivity (Wildman–Crippen MR) is 128 cm³/mol. The minimum absolute atomic E-state index is 0. The van der Waals surface area contributed by atoms with Gasteiger partial charge in [-0.2, -0.15) is 0 Å². The number of nitrogens with one attached hydrogen (secondary N) is 2. The summed E-state index contributed by atoms with van der Waals surface area (Å²) in [6.07, 6.45) is 1.72. The van der Waals surface area contributed by atoms with Gasteiger partial charge in [0.2, 0.25) is 0 Å². The number of halogens is 2. The summed E-state index contributed by atoms with van der Waals surface area (Å²) in [6.45, 7) is 5.06. The SMILES string of the molecule is CN=C(NCC(C)c1ccccc1)NCC1(c2cccc(F)c2)CCOCC1.I. The molecule has 2 aromatic carbocycles. The average Bonchev–Trinajstić information content (AvgIpc) is 2.75. The highest BCUT2D eigenvalue weighted by molar-refractivity contribution is 14.0. The molecule has 1 unspecified atom stereocenters.